The van der Waals surface area contributed by atoms with Crippen molar-refractivity contribution in [2.75, 3.05) is 25.4 Å². The maximum Gasteiger partial charge on any atom is 0.490 e. The Morgan fingerprint density at radius 3 is 2.30 bits per heavy atom. The van der Waals surface area contributed by atoms with Gasteiger partial charge in [-0.2, -0.15) is 20.4 Å². The molecule has 3 saturated heterocycles. The topological polar surface area (TPSA) is 343 Å². The number of aromatic nitrogens is 2. The van der Waals surface area contributed by atoms with E-state index in [-0.39, 0.29) is 36.0 Å². The van der Waals surface area contributed by atoms with Crippen LogP contribution in [-0.4, -0.2) is 107 Å². The summed E-state index contributed by atoms with van der Waals surface area (Å²) in [5.41, 5.74) is -1.90. The largest absolute Gasteiger partial charge is 0.490 e. The molecule has 8 atom stereocenters. The highest BCUT2D eigenvalue weighted by molar-refractivity contribution is 8.00. The van der Waals surface area contributed by atoms with E-state index in [1.54, 1.807) is 0 Å². The molecular formula is C27H45N6O17P3S. The molecule has 2 unspecified atom stereocenters. The minimum Gasteiger partial charge on any atom is -0.390 e. The average molecular weight is 851 g/mol. The molecule has 4 rings (SSSR count). The predicted octanol–water partition coefficient (Wildman–Crippen LogP) is -0.411. The molecule has 306 valence electrons. The molecule has 0 aliphatic carbocycles. The van der Waals surface area contributed by atoms with Crippen LogP contribution in [0.4, 0.5) is 4.79 Å². The van der Waals surface area contributed by atoms with E-state index in [0.717, 1.165) is 55.0 Å². The Labute approximate surface area is 312 Å². The van der Waals surface area contributed by atoms with Crippen LogP contribution in [0.15, 0.2) is 15.8 Å². The number of amides is 4. The van der Waals surface area contributed by atoms with Crippen molar-refractivity contribution < 1.29 is 70.6 Å². The molecule has 54 heavy (non-hydrogen) atoms. The molecule has 3 aliphatic heterocycles. The van der Waals surface area contributed by atoms with Gasteiger partial charge in [0, 0.05) is 48.7 Å². The Bertz CT molecular complexity index is 1760. The zero-order valence-electron chi connectivity index (χ0n) is 28.8. The van der Waals surface area contributed by atoms with Crippen LogP contribution < -0.4 is 32.5 Å². The standard InChI is InChI=1S/C27H45N6O17P3S/c34-18-12-23(48-19(18)14-47-52(43,44)50-53(45,46)49-51(40,41)42)33-13-16(25(37)32-27(33)39)11-22(36)29-10-6-2-1-5-9-28-21(35)8-4-3-7-20-24-17(15-54-20)30-26(38)31-24/h13,17-20,23-24,34H,1-12,14-15H2,(H,28,35)(H,29,36)(H,43,44)(H,45,46)(H2,30,31,38)(H,32,37,39)(H2,40,41,42)/t17-,18-,19+,20-,23+,24-/m0/s1. The molecule has 0 spiro atoms. The third-order valence-corrected chi connectivity index (χ3v) is 13.9. The Hall–Kier alpha value is -2.43. The van der Waals surface area contributed by atoms with Crippen molar-refractivity contribution in [1.29, 1.82) is 0 Å². The number of phosphoric ester groups is 1. The number of hydrogen-bond donors (Lipinski definition) is 10. The van der Waals surface area contributed by atoms with Gasteiger partial charge < -0.3 is 50.7 Å². The number of urea groups is 1. The van der Waals surface area contributed by atoms with Gasteiger partial charge in [0.15, 0.2) is 0 Å². The maximum atomic E-state index is 12.5. The lowest BCUT2D eigenvalue weighted by molar-refractivity contribution is -0.121. The van der Waals surface area contributed by atoms with E-state index >= 15 is 0 Å². The molecule has 0 aromatic carbocycles. The number of phosphoric acid groups is 3. The molecule has 1 aromatic rings. The molecule has 0 bridgehead atoms. The summed E-state index contributed by atoms with van der Waals surface area (Å²) < 4.78 is 52.3. The van der Waals surface area contributed by atoms with Gasteiger partial charge in [0.25, 0.3) is 5.56 Å². The molecule has 1 aromatic heterocycles. The van der Waals surface area contributed by atoms with Crippen LogP contribution in [0, 0.1) is 0 Å². The number of carbonyl (C=O) groups is 3. The number of unbranched alkanes of at least 4 members (excludes halogenated alkanes) is 4. The van der Waals surface area contributed by atoms with Crippen LogP contribution in [0.3, 0.4) is 0 Å². The second-order valence-electron chi connectivity index (χ2n) is 12.8. The molecule has 4 amide bonds. The van der Waals surface area contributed by atoms with Crippen LogP contribution in [-0.2, 0) is 47.6 Å². The second kappa shape index (κ2) is 19.6. The SMILES string of the molecule is O=C(CCCC[C@@H]1SC[C@@H]2NC(=O)N[C@@H]21)NCCCCCCNC(=O)Cc1cn([C@H]2C[C@H](O)[C@@H](COP(=O)(O)OP(=O)(O)OP(=O)(O)O)O2)c(=O)[nH]c1=O. The molecule has 0 radical (unpaired) electrons. The van der Waals surface area contributed by atoms with Crippen LogP contribution in [0.5, 0.6) is 0 Å². The third-order valence-electron chi connectivity index (χ3n) is 8.55. The van der Waals surface area contributed by atoms with Gasteiger partial charge in [0.2, 0.25) is 11.8 Å². The first-order valence-electron chi connectivity index (χ1n) is 17.0. The Morgan fingerprint density at radius 1 is 0.926 bits per heavy atom. The first-order chi connectivity index (χ1) is 25.3. The first-order valence-corrected chi connectivity index (χ1v) is 22.6. The van der Waals surface area contributed by atoms with Crippen molar-refractivity contribution in [3.63, 3.8) is 0 Å². The van der Waals surface area contributed by atoms with E-state index in [4.69, 9.17) is 14.5 Å². The van der Waals surface area contributed by atoms with E-state index in [0.29, 0.717) is 31.2 Å². The van der Waals surface area contributed by atoms with Gasteiger partial charge in [-0.3, -0.25) is 28.5 Å². The van der Waals surface area contributed by atoms with Crippen molar-refractivity contribution in [2.24, 2.45) is 0 Å². The van der Waals surface area contributed by atoms with Crippen molar-refractivity contribution in [2.45, 2.75) is 100.0 Å². The minimum absolute atomic E-state index is 0.00207. The number of rotatable bonds is 22. The summed E-state index contributed by atoms with van der Waals surface area (Å²) in [6.07, 6.45) is 2.32. The lowest BCUT2D eigenvalue weighted by Crippen LogP contribution is -2.36. The fourth-order valence-electron chi connectivity index (χ4n) is 6.03. The van der Waals surface area contributed by atoms with Crippen LogP contribution in [0.2, 0.25) is 0 Å². The van der Waals surface area contributed by atoms with E-state index in [1.165, 1.54) is 0 Å². The molecular weight excluding hydrogens is 805 g/mol. The number of carbonyl (C=O) groups excluding carboxylic acids is 3. The number of fused-ring (bicyclic) bond motifs is 1. The summed E-state index contributed by atoms with van der Waals surface area (Å²) in [5.74, 6) is 0.398. The maximum absolute atomic E-state index is 12.5. The van der Waals surface area contributed by atoms with Crippen LogP contribution in [0.1, 0.15) is 69.6 Å². The highest BCUT2D eigenvalue weighted by Crippen LogP contribution is 2.66. The van der Waals surface area contributed by atoms with Gasteiger partial charge in [0.05, 0.1) is 31.2 Å². The number of ether oxygens (including phenoxy) is 1. The fourth-order valence-corrected chi connectivity index (χ4v) is 10.6. The van der Waals surface area contributed by atoms with Crippen molar-refractivity contribution >= 4 is 53.1 Å². The van der Waals surface area contributed by atoms with Crippen LogP contribution >= 0.6 is 35.2 Å². The summed E-state index contributed by atoms with van der Waals surface area (Å²) in [6.45, 7) is -0.106. The van der Waals surface area contributed by atoms with Gasteiger partial charge in [-0.1, -0.05) is 19.3 Å². The number of hydrogen-bond acceptors (Lipinski definition) is 14. The fraction of sp³-hybridized carbons (Fsp3) is 0.741. The zero-order chi connectivity index (χ0) is 39.7. The number of H-pyrrole nitrogens is 1. The smallest absolute Gasteiger partial charge is 0.390 e. The normalized spacial score (nSPS) is 26.0. The summed E-state index contributed by atoms with van der Waals surface area (Å²) in [6, 6.07) is 0.240. The third kappa shape index (κ3) is 14.3. The Morgan fingerprint density at radius 2 is 1.61 bits per heavy atom. The van der Waals surface area contributed by atoms with Gasteiger partial charge >= 0.3 is 35.2 Å². The lowest BCUT2D eigenvalue weighted by atomic mass is 10.0. The number of nitrogens with zero attached hydrogens (tertiary/aromatic N) is 1. The van der Waals surface area contributed by atoms with Gasteiger partial charge in [-0.05, 0) is 25.7 Å². The molecule has 3 fully saturated rings. The lowest BCUT2D eigenvalue weighted by Gasteiger charge is -2.19. The number of thioether (sulfide) groups is 1. The quantitative estimate of drug-likeness (QED) is 0.0403. The molecule has 3 aliphatic rings. The van der Waals surface area contributed by atoms with Crippen molar-refractivity contribution in [3.8, 4) is 0 Å². The van der Waals surface area contributed by atoms with E-state index in [2.05, 4.69) is 39.4 Å². The highest BCUT2D eigenvalue weighted by atomic mass is 32.2. The van der Waals surface area contributed by atoms with Gasteiger partial charge in [-0.25, -0.2) is 23.3 Å². The first kappa shape index (κ1) is 44.3. The highest BCUT2D eigenvalue weighted by Gasteiger charge is 2.44. The number of aliphatic hydroxyl groups excluding tert-OH is 1. The average Bonchev–Trinajstić information content (AvgIpc) is 3.72. The zero-order valence-corrected chi connectivity index (χ0v) is 32.3. The van der Waals surface area contributed by atoms with Gasteiger partial charge in [0.1, 0.15) is 12.3 Å². The Kier molecular flexibility index (Phi) is 16.1. The Balaban J connectivity index is 1.09. The van der Waals surface area contributed by atoms with Crippen molar-refractivity contribution in [3.05, 3.63) is 32.6 Å². The number of aromatic amines is 1. The van der Waals surface area contributed by atoms with E-state index < -0.39 is 72.1 Å². The van der Waals surface area contributed by atoms with E-state index in [1.807, 2.05) is 11.8 Å². The van der Waals surface area contributed by atoms with Gasteiger partial charge in [-0.15, -0.1) is 0 Å². The summed E-state index contributed by atoms with van der Waals surface area (Å²) >= 11 is 1.85. The molecule has 10 N–H and O–H groups in total. The molecule has 23 nitrogen and oxygen atoms in total. The van der Waals surface area contributed by atoms with Crippen molar-refractivity contribution in [1.82, 2.24) is 30.8 Å². The second-order valence-corrected chi connectivity index (χ2v) is 18.5. The molecule has 27 heteroatoms. The summed E-state index contributed by atoms with van der Waals surface area (Å²) in [4.78, 5) is 99.3. The van der Waals surface area contributed by atoms with E-state index in [9.17, 15) is 52.6 Å². The summed E-state index contributed by atoms with van der Waals surface area (Å²) in [5, 5.41) is 22.2. The monoisotopic (exact) mass is 850 g/mol. The summed E-state index contributed by atoms with van der Waals surface area (Å²) in [7, 11) is -16.9. The number of aliphatic hydroxyl groups is 1. The molecule has 4 heterocycles. The number of nitrogens with one attached hydrogen (secondary N) is 5. The minimum atomic E-state index is -5.77. The predicted molar refractivity (Wildman–Crippen MR) is 188 cm³/mol. The van der Waals surface area contributed by atoms with Crippen LogP contribution in [0.25, 0.3) is 0 Å². The molecule has 0 saturated carbocycles.